The largest absolute Gasteiger partial charge is 0.309 e. The molecule has 1 N–H and O–H groups in total. The minimum atomic E-state index is -0.0527. The highest BCUT2D eigenvalue weighted by atomic mass is 79.9. The minimum absolute atomic E-state index is 0.0527. The van der Waals surface area contributed by atoms with E-state index < -0.39 is 0 Å². The van der Waals surface area contributed by atoms with E-state index in [1.807, 2.05) is 6.92 Å². The number of aromatic nitrogens is 2. The van der Waals surface area contributed by atoms with E-state index in [0.29, 0.717) is 10.4 Å². The van der Waals surface area contributed by atoms with Gasteiger partial charge in [0, 0.05) is 5.92 Å². The van der Waals surface area contributed by atoms with E-state index in [2.05, 4.69) is 25.9 Å². The number of H-pyrrole nitrogens is 1. The summed E-state index contributed by atoms with van der Waals surface area (Å²) in [5.74, 6) is 1.33. The number of nitrogens with zero attached hydrogens (tertiary/aromatic N) is 1. The highest BCUT2D eigenvalue weighted by Gasteiger charge is 2.18. The molecule has 1 aromatic rings. The number of hydrogen-bond acceptors (Lipinski definition) is 2. The number of hydrogen-bond donors (Lipinski definition) is 1. The summed E-state index contributed by atoms with van der Waals surface area (Å²) in [7, 11) is 0. The van der Waals surface area contributed by atoms with Crippen molar-refractivity contribution in [3.05, 3.63) is 26.3 Å². The van der Waals surface area contributed by atoms with E-state index in [4.69, 9.17) is 0 Å². The lowest BCUT2D eigenvalue weighted by atomic mass is 9.89. The Hall–Kier alpha value is -0.640. The van der Waals surface area contributed by atoms with Crippen LogP contribution in [0.4, 0.5) is 0 Å². The van der Waals surface area contributed by atoms with E-state index in [9.17, 15) is 4.79 Å². The van der Waals surface area contributed by atoms with Crippen molar-refractivity contribution >= 4 is 15.9 Å². The fraction of sp³-hybridized carbons (Fsp3) is 0.636. The molecule has 1 aliphatic carbocycles. The van der Waals surface area contributed by atoms with Crippen LogP contribution < -0.4 is 5.56 Å². The molecule has 1 aliphatic rings. The molecule has 2 rings (SSSR count). The summed E-state index contributed by atoms with van der Waals surface area (Å²) in [6.45, 7) is 1.87. The Bertz CT molecular complexity index is 408. The smallest absolute Gasteiger partial charge is 0.265 e. The molecule has 0 radical (unpaired) electrons. The normalized spacial score (nSPS) is 18.0. The molecule has 0 aromatic carbocycles. The minimum Gasteiger partial charge on any atom is -0.309 e. The molecule has 0 aliphatic heterocycles. The SMILES string of the molecule is Cc1nc(C2CCCCC2)[nH]c(=O)c1Br. The fourth-order valence-electron chi connectivity index (χ4n) is 2.16. The van der Waals surface area contributed by atoms with Gasteiger partial charge in [-0.15, -0.1) is 0 Å². The van der Waals surface area contributed by atoms with Crippen LogP contribution in [0.25, 0.3) is 0 Å². The summed E-state index contributed by atoms with van der Waals surface area (Å²) in [5.41, 5.74) is 0.738. The molecule has 1 heterocycles. The van der Waals surface area contributed by atoms with Crippen LogP contribution in [0.2, 0.25) is 0 Å². The van der Waals surface area contributed by atoms with Gasteiger partial charge >= 0.3 is 0 Å². The molecule has 0 bridgehead atoms. The fourth-order valence-corrected chi connectivity index (χ4v) is 2.35. The molecular formula is C11H15BrN2O. The molecule has 0 unspecified atom stereocenters. The first kappa shape index (κ1) is 10.9. The second kappa shape index (κ2) is 4.47. The van der Waals surface area contributed by atoms with Crippen LogP contribution in [0.3, 0.4) is 0 Å². The Balaban J connectivity index is 2.32. The lowest BCUT2D eigenvalue weighted by Gasteiger charge is -2.20. The molecule has 82 valence electrons. The zero-order valence-corrected chi connectivity index (χ0v) is 10.4. The molecule has 3 nitrogen and oxygen atoms in total. The Morgan fingerprint density at radius 1 is 1.33 bits per heavy atom. The quantitative estimate of drug-likeness (QED) is 0.853. The molecule has 15 heavy (non-hydrogen) atoms. The zero-order chi connectivity index (χ0) is 10.8. The van der Waals surface area contributed by atoms with Gasteiger partial charge < -0.3 is 4.98 Å². The number of nitrogens with one attached hydrogen (secondary N) is 1. The molecule has 0 spiro atoms. The Morgan fingerprint density at radius 2 is 2.00 bits per heavy atom. The van der Waals surface area contributed by atoms with Gasteiger partial charge in [0.1, 0.15) is 10.3 Å². The van der Waals surface area contributed by atoms with Gasteiger partial charge in [-0.25, -0.2) is 4.98 Å². The van der Waals surface area contributed by atoms with Crippen LogP contribution in [0, 0.1) is 6.92 Å². The second-order valence-electron chi connectivity index (χ2n) is 4.19. The summed E-state index contributed by atoms with van der Waals surface area (Å²) in [6, 6.07) is 0. The second-order valence-corrected chi connectivity index (χ2v) is 4.98. The lowest BCUT2D eigenvalue weighted by Crippen LogP contribution is -2.18. The average molecular weight is 271 g/mol. The summed E-state index contributed by atoms with van der Waals surface area (Å²) in [5, 5.41) is 0. The third-order valence-corrected chi connectivity index (χ3v) is 3.97. The lowest BCUT2D eigenvalue weighted by molar-refractivity contribution is 0.427. The summed E-state index contributed by atoms with van der Waals surface area (Å²) in [6.07, 6.45) is 6.14. The van der Waals surface area contributed by atoms with Crippen LogP contribution in [-0.2, 0) is 0 Å². The van der Waals surface area contributed by atoms with E-state index in [0.717, 1.165) is 24.4 Å². The van der Waals surface area contributed by atoms with Gasteiger partial charge in [-0.1, -0.05) is 19.3 Å². The van der Waals surface area contributed by atoms with Crippen molar-refractivity contribution in [2.75, 3.05) is 0 Å². The predicted molar refractivity (Wildman–Crippen MR) is 63.1 cm³/mol. The molecule has 0 amide bonds. The van der Waals surface area contributed by atoms with Gasteiger partial charge in [0.15, 0.2) is 0 Å². The van der Waals surface area contributed by atoms with Crippen molar-refractivity contribution in [1.29, 1.82) is 0 Å². The third-order valence-electron chi connectivity index (χ3n) is 3.04. The Morgan fingerprint density at radius 3 is 2.60 bits per heavy atom. The van der Waals surface area contributed by atoms with Crippen molar-refractivity contribution in [3.8, 4) is 0 Å². The predicted octanol–water partition coefficient (Wildman–Crippen LogP) is 2.89. The number of aromatic amines is 1. The van der Waals surface area contributed by atoms with Crippen LogP contribution in [0.15, 0.2) is 9.27 Å². The first-order valence-electron chi connectivity index (χ1n) is 5.45. The molecule has 1 saturated carbocycles. The van der Waals surface area contributed by atoms with Crippen LogP contribution in [0.1, 0.15) is 49.5 Å². The maximum absolute atomic E-state index is 11.6. The zero-order valence-electron chi connectivity index (χ0n) is 8.85. The van der Waals surface area contributed by atoms with Gasteiger partial charge in [-0.05, 0) is 35.7 Å². The first-order valence-corrected chi connectivity index (χ1v) is 6.24. The van der Waals surface area contributed by atoms with Crippen molar-refractivity contribution in [1.82, 2.24) is 9.97 Å². The Labute approximate surface area is 97.4 Å². The number of aryl methyl sites for hydroxylation is 1. The topological polar surface area (TPSA) is 45.8 Å². The van der Waals surface area contributed by atoms with Gasteiger partial charge in [-0.3, -0.25) is 4.79 Å². The van der Waals surface area contributed by atoms with Crippen molar-refractivity contribution < 1.29 is 0 Å². The average Bonchev–Trinajstić information content (AvgIpc) is 2.26. The number of halogens is 1. The van der Waals surface area contributed by atoms with Crippen molar-refractivity contribution in [3.63, 3.8) is 0 Å². The van der Waals surface area contributed by atoms with E-state index in [1.54, 1.807) is 0 Å². The molecule has 1 aromatic heterocycles. The van der Waals surface area contributed by atoms with Gasteiger partial charge in [0.05, 0.1) is 5.69 Å². The molecule has 0 saturated heterocycles. The van der Waals surface area contributed by atoms with E-state index >= 15 is 0 Å². The standard InChI is InChI=1S/C11H15BrN2O/c1-7-9(12)11(15)14-10(13-7)8-5-3-2-4-6-8/h8H,2-6H2,1H3,(H,13,14,15). The first-order chi connectivity index (χ1) is 7.18. The highest BCUT2D eigenvalue weighted by Crippen LogP contribution is 2.30. The molecule has 1 fully saturated rings. The highest BCUT2D eigenvalue weighted by molar-refractivity contribution is 9.10. The van der Waals surface area contributed by atoms with Crippen LogP contribution in [-0.4, -0.2) is 9.97 Å². The van der Waals surface area contributed by atoms with Gasteiger partial charge in [0.25, 0.3) is 5.56 Å². The van der Waals surface area contributed by atoms with Gasteiger partial charge in [0.2, 0.25) is 0 Å². The summed E-state index contributed by atoms with van der Waals surface area (Å²) in [4.78, 5) is 18.9. The summed E-state index contributed by atoms with van der Waals surface area (Å²) >= 11 is 3.23. The van der Waals surface area contributed by atoms with Crippen LogP contribution >= 0.6 is 15.9 Å². The van der Waals surface area contributed by atoms with Crippen LogP contribution in [0.5, 0.6) is 0 Å². The number of rotatable bonds is 1. The Kier molecular flexibility index (Phi) is 3.24. The van der Waals surface area contributed by atoms with E-state index in [1.165, 1.54) is 19.3 Å². The third kappa shape index (κ3) is 2.30. The van der Waals surface area contributed by atoms with E-state index in [-0.39, 0.29) is 5.56 Å². The maximum Gasteiger partial charge on any atom is 0.265 e. The summed E-state index contributed by atoms with van der Waals surface area (Å²) < 4.78 is 0.557. The molecule has 0 atom stereocenters. The molecular weight excluding hydrogens is 256 g/mol. The maximum atomic E-state index is 11.6. The monoisotopic (exact) mass is 270 g/mol. The molecule has 4 heteroatoms. The van der Waals surface area contributed by atoms with Crippen molar-refractivity contribution in [2.45, 2.75) is 44.9 Å². The van der Waals surface area contributed by atoms with Gasteiger partial charge in [-0.2, -0.15) is 0 Å². The van der Waals surface area contributed by atoms with Crippen molar-refractivity contribution in [2.24, 2.45) is 0 Å².